The molecule has 0 unspecified atom stereocenters. The van der Waals surface area contributed by atoms with Crippen molar-refractivity contribution in [2.75, 3.05) is 13.2 Å². The fourth-order valence-electron chi connectivity index (χ4n) is 2.78. The average Bonchev–Trinajstić information content (AvgIpc) is 2.86. The number of para-hydroxylation sites is 2. The van der Waals surface area contributed by atoms with Crippen LogP contribution in [0.1, 0.15) is 50.7 Å². The van der Waals surface area contributed by atoms with Crippen LogP contribution in [0.5, 0.6) is 11.5 Å². The summed E-state index contributed by atoms with van der Waals surface area (Å²) in [5.41, 5.74) is 2.00. The third-order valence-electron chi connectivity index (χ3n) is 4.74. The smallest absolute Gasteiger partial charge is 0.360 e. The van der Waals surface area contributed by atoms with E-state index in [1.807, 2.05) is 48.5 Å². The third kappa shape index (κ3) is 10.4. The molecule has 8 heteroatoms. The maximum Gasteiger partial charge on any atom is 0.360 e. The maximum atomic E-state index is 11.4. The molecule has 8 nitrogen and oxygen atoms in total. The van der Waals surface area contributed by atoms with Gasteiger partial charge in [-0.05, 0) is 63.8 Å². The first kappa shape index (κ1) is 28.0. The number of hydrogen-bond donors (Lipinski definition) is 0. The standard InChI is InChI=1S/C28H32N2O6/c1-21(2)27(31)35-29-19-23-13-7-9-15-25(23)33-17-11-5-6-12-18-34-26-16-10-8-14-24(26)20-30-36-28(32)22(3)4/h7-10,13-16,19-20H,1,3,5-6,11-12,17-18H2,2,4H3/b29-19-,30-20-. The number of oxime groups is 2. The van der Waals surface area contributed by atoms with Gasteiger partial charge in [-0.3, -0.25) is 0 Å². The van der Waals surface area contributed by atoms with Gasteiger partial charge in [0.2, 0.25) is 0 Å². The molecular formula is C28H32N2O6. The van der Waals surface area contributed by atoms with Crippen LogP contribution in [0.4, 0.5) is 0 Å². The van der Waals surface area contributed by atoms with E-state index >= 15 is 0 Å². The van der Waals surface area contributed by atoms with E-state index in [0.29, 0.717) is 24.7 Å². The number of carbonyl (C=O) groups is 2. The van der Waals surface area contributed by atoms with Gasteiger partial charge in [0.25, 0.3) is 0 Å². The van der Waals surface area contributed by atoms with Crippen LogP contribution >= 0.6 is 0 Å². The van der Waals surface area contributed by atoms with E-state index in [0.717, 1.165) is 36.8 Å². The Morgan fingerprint density at radius 1 is 0.694 bits per heavy atom. The second kappa shape index (κ2) is 15.7. The fraction of sp³-hybridized carbons (Fsp3) is 0.286. The van der Waals surface area contributed by atoms with E-state index in [1.54, 1.807) is 13.8 Å². The number of rotatable bonds is 15. The summed E-state index contributed by atoms with van der Waals surface area (Å²) in [6.45, 7) is 11.2. The van der Waals surface area contributed by atoms with Gasteiger partial charge < -0.3 is 19.1 Å². The van der Waals surface area contributed by atoms with Gasteiger partial charge in [0.15, 0.2) is 0 Å². The van der Waals surface area contributed by atoms with E-state index in [2.05, 4.69) is 23.5 Å². The summed E-state index contributed by atoms with van der Waals surface area (Å²) in [6, 6.07) is 14.8. The Morgan fingerprint density at radius 2 is 1.08 bits per heavy atom. The molecule has 0 aliphatic carbocycles. The van der Waals surface area contributed by atoms with Crippen molar-refractivity contribution < 1.29 is 28.7 Å². The van der Waals surface area contributed by atoms with Crippen LogP contribution in [-0.2, 0) is 19.3 Å². The van der Waals surface area contributed by atoms with Crippen molar-refractivity contribution in [2.24, 2.45) is 10.3 Å². The van der Waals surface area contributed by atoms with Crippen molar-refractivity contribution in [1.29, 1.82) is 0 Å². The van der Waals surface area contributed by atoms with Crippen LogP contribution in [-0.4, -0.2) is 37.6 Å². The van der Waals surface area contributed by atoms with Crippen molar-refractivity contribution in [2.45, 2.75) is 39.5 Å². The van der Waals surface area contributed by atoms with Gasteiger partial charge in [-0.2, -0.15) is 0 Å². The number of hydrogen-bond acceptors (Lipinski definition) is 8. The highest BCUT2D eigenvalue weighted by molar-refractivity contribution is 5.89. The van der Waals surface area contributed by atoms with E-state index < -0.39 is 11.9 Å². The van der Waals surface area contributed by atoms with Crippen LogP contribution in [0, 0.1) is 0 Å². The molecule has 0 spiro atoms. The van der Waals surface area contributed by atoms with Crippen molar-refractivity contribution in [3.8, 4) is 11.5 Å². The minimum Gasteiger partial charge on any atom is -0.493 e. The van der Waals surface area contributed by atoms with Crippen LogP contribution in [0.15, 0.2) is 83.1 Å². The Kier molecular flexibility index (Phi) is 12.2. The molecule has 0 amide bonds. The van der Waals surface area contributed by atoms with Crippen LogP contribution in [0.3, 0.4) is 0 Å². The molecule has 2 rings (SSSR count). The molecule has 36 heavy (non-hydrogen) atoms. The molecule has 0 aromatic heterocycles. The van der Waals surface area contributed by atoms with Crippen LogP contribution < -0.4 is 9.47 Å². The summed E-state index contributed by atoms with van der Waals surface area (Å²) in [5, 5.41) is 7.40. The van der Waals surface area contributed by atoms with Gasteiger partial charge >= 0.3 is 11.9 Å². The number of nitrogens with zero attached hydrogens (tertiary/aromatic N) is 2. The van der Waals surface area contributed by atoms with Crippen LogP contribution in [0.25, 0.3) is 0 Å². The van der Waals surface area contributed by atoms with Gasteiger partial charge in [0.1, 0.15) is 11.5 Å². The summed E-state index contributed by atoms with van der Waals surface area (Å²) >= 11 is 0. The zero-order valence-corrected chi connectivity index (χ0v) is 20.8. The second-order valence-corrected chi connectivity index (χ2v) is 7.97. The first-order chi connectivity index (χ1) is 17.4. The minimum atomic E-state index is -0.575. The van der Waals surface area contributed by atoms with Crippen molar-refractivity contribution in [3.05, 3.63) is 84.0 Å². The summed E-state index contributed by atoms with van der Waals surface area (Å²) in [6.07, 6.45) is 6.62. The first-order valence-electron chi connectivity index (χ1n) is 11.6. The monoisotopic (exact) mass is 492 g/mol. The molecule has 0 atom stereocenters. The second-order valence-electron chi connectivity index (χ2n) is 7.97. The lowest BCUT2D eigenvalue weighted by atomic mass is 10.2. The molecule has 0 radical (unpaired) electrons. The minimum absolute atomic E-state index is 0.279. The first-order valence-corrected chi connectivity index (χ1v) is 11.6. The van der Waals surface area contributed by atoms with Crippen molar-refractivity contribution >= 4 is 24.4 Å². The normalized spacial score (nSPS) is 10.8. The zero-order valence-electron chi connectivity index (χ0n) is 20.8. The molecule has 0 N–H and O–H groups in total. The lowest BCUT2D eigenvalue weighted by Gasteiger charge is -2.10. The van der Waals surface area contributed by atoms with E-state index in [-0.39, 0.29) is 11.1 Å². The summed E-state index contributed by atoms with van der Waals surface area (Å²) in [4.78, 5) is 32.3. The Hall–Kier alpha value is -4.20. The summed E-state index contributed by atoms with van der Waals surface area (Å²) < 4.78 is 11.7. The summed E-state index contributed by atoms with van der Waals surface area (Å²) in [5.74, 6) is 0.190. The van der Waals surface area contributed by atoms with Gasteiger partial charge in [-0.25, -0.2) is 9.59 Å². The lowest BCUT2D eigenvalue weighted by molar-refractivity contribution is -0.139. The lowest BCUT2D eigenvalue weighted by Crippen LogP contribution is -2.03. The van der Waals surface area contributed by atoms with Crippen molar-refractivity contribution in [1.82, 2.24) is 0 Å². The molecule has 2 aromatic rings. The Labute approximate surface area is 211 Å². The molecule has 0 bridgehead atoms. The topological polar surface area (TPSA) is 95.8 Å². The molecule has 0 heterocycles. The fourth-order valence-corrected chi connectivity index (χ4v) is 2.78. The van der Waals surface area contributed by atoms with E-state index in [1.165, 1.54) is 12.4 Å². The molecule has 0 saturated carbocycles. The third-order valence-corrected chi connectivity index (χ3v) is 4.74. The van der Waals surface area contributed by atoms with Crippen LogP contribution in [0.2, 0.25) is 0 Å². The number of ether oxygens (including phenoxy) is 2. The van der Waals surface area contributed by atoms with Gasteiger partial charge in [0, 0.05) is 22.3 Å². The average molecular weight is 493 g/mol. The summed E-state index contributed by atoms with van der Waals surface area (Å²) in [7, 11) is 0. The SMILES string of the molecule is C=C(C)C(=O)O/N=C\c1ccccc1OCCCCCCOc1ccccc1/C=N\OC(=O)C(=C)C. The quantitative estimate of drug-likeness (QED) is 0.105. The highest BCUT2D eigenvalue weighted by Crippen LogP contribution is 2.18. The molecule has 0 fully saturated rings. The van der Waals surface area contributed by atoms with E-state index in [4.69, 9.17) is 19.1 Å². The van der Waals surface area contributed by atoms with Gasteiger partial charge in [-0.1, -0.05) is 47.7 Å². The largest absolute Gasteiger partial charge is 0.493 e. The van der Waals surface area contributed by atoms with Gasteiger partial charge in [-0.15, -0.1) is 0 Å². The Morgan fingerprint density at radius 3 is 1.47 bits per heavy atom. The highest BCUT2D eigenvalue weighted by Gasteiger charge is 2.05. The highest BCUT2D eigenvalue weighted by atomic mass is 16.7. The Bertz CT molecular complexity index is 1020. The number of benzene rings is 2. The molecule has 2 aromatic carbocycles. The molecule has 0 aliphatic heterocycles. The molecule has 0 saturated heterocycles. The maximum absolute atomic E-state index is 11.4. The molecule has 0 aliphatic rings. The molecular weight excluding hydrogens is 460 g/mol. The number of carbonyl (C=O) groups excluding carboxylic acids is 2. The predicted octanol–water partition coefficient (Wildman–Crippen LogP) is 5.61. The predicted molar refractivity (Wildman–Crippen MR) is 139 cm³/mol. The Balaban J connectivity index is 1.68. The number of unbranched alkanes of at least 4 members (excludes halogenated alkanes) is 3. The van der Waals surface area contributed by atoms with E-state index in [9.17, 15) is 9.59 Å². The zero-order chi connectivity index (χ0) is 26.2. The van der Waals surface area contributed by atoms with Gasteiger partial charge in [0.05, 0.1) is 25.6 Å². The molecule has 190 valence electrons. The van der Waals surface area contributed by atoms with Crippen molar-refractivity contribution in [3.63, 3.8) is 0 Å².